The van der Waals surface area contributed by atoms with E-state index in [1.165, 1.54) is 12.1 Å². The average molecular weight is 418 g/mol. The van der Waals surface area contributed by atoms with Crippen LogP contribution in [0.2, 0.25) is 0 Å². The van der Waals surface area contributed by atoms with Crippen molar-refractivity contribution in [1.29, 1.82) is 0 Å². The lowest BCUT2D eigenvalue weighted by Crippen LogP contribution is -2.32. The quantitative estimate of drug-likeness (QED) is 0.542. The highest BCUT2D eigenvalue weighted by Gasteiger charge is 2.51. The number of carbonyl (C=O) groups is 2. The van der Waals surface area contributed by atoms with Crippen LogP contribution in [-0.2, 0) is 10.3 Å². The van der Waals surface area contributed by atoms with Crippen LogP contribution in [0.5, 0.6) is 11.5 Å². The van der Waals surface area contributed by atoms with E-state index >= 15 is 0 Å². The smallest absolute Gasteiger partial charge is 0.340 e. The van der Waals surface area contributed by atoms with Crippen molar-refractivity contribution in [3.63, 3.8) is 0 Å². The van der Waals surface area contributed by atoms with E-state index in [-0.39, 0.29) is 22.6 Å². The molecule has 0 aliphatic carbocycles. The molecular weight excluding hydrogens is 396 g/mol. The van der Waals surface area contributed by atoms with Gasteiger partial charge in [0.2, 0.25) is 0 Å². The number of phenols is 2. The molecule has 6 nitrogen and oxygen atoms in total. The molecule has 4 rings (SSSR count). The van der Waals surface area contributed by atoms with Crippen molar-refractivity contribution in [2.75, 3.05) is 0 Å². The standard InChI is InChI=1S/C25H22O6/c1-12-7-17(26)10-21(14(12)3)25(22-11-18(27)8-13(2)15(22)4)20-6-5-16(23(28)29)9-19(20)24(30)31-25/h5-11,26-27H,1-4H3,(H,28,29). The lowest BCUT2D eigenvalue weighted by atomic mass is 9.75. The fraction of sp³-hybridized carbons (Fsp3) is 0.200. The van der Waals surface area contributed by atoms with Gasteiger partial charge in [0, 0.05) is 16.7 Å². The highest BCUT2D eigenvalue weighted by atomic mass is 16.6. The molecule has 0 saturated carbocycles. The number of fused-ring (bicyclic) bond motifs is 1. The minimum atomic E-state index is -1.45. The highest BCUT2D eigenvalue weighted by Crippen LogP contribution is 2.51. The van der Waals surface area contributed by atoms with Gasteiger partial charge in [-0.1, -0.05) is 6.07 Å². The van der Waals surface area contributed by atoms with E-state index in [0.717, 1.165) is 22.3 Å². The zero-order valence-corrected chi connectivity index (χ0v) is 17.6. The number of hydrogen-bond donors (Lipinski definition) is 3. The van der Waals surface area contributed by atoms with E-state index in [1.54, 1.807) is 30.3 Å². The van der Waals surface area contributed by atoms with E-state index < -0.39 is 17.5 Å². The number of phenolic OH excluding ortho intramolecular Hbond substituents is 2. The van der Waals surface area contributed by atoms with Crippen LogP contribution in [0.15, 0.2) is 42.5 Å². The van der Waals surface area contributed by atoms with E-state index in [0.29, 0.717) is 16.7 Å². The van der Waals surface area contributed by atoms with Crippen molar-refractivity contribution in [1.82, 2.24) is 0 Å². The fourth-order valence-corrected chi connectivity index (χ4v) is 4.36. The number of aromatic hydroxyl groups is 2. The summed E-state index contributed by atoms with van der Waals surface area (Å²) in [5.74, 6) is -1.79. The van der Waals surface area contributed by atoms with Crippen molar-refractivity contribution >= 4 is 11.9 Å². The van der Waals surface area contributed by atoms with E-state index in [9.17, 15) is 24.9 Å². The van der Waals surface area contributed by atoms with Gasteiger partial charge in [0.25, 0.3) is 0 Å². The molecule has 1 heterocycles. The number of aryl methyl sites for hydroxylation is 2. The summed E-state index contributed by atoms with van der Waals surface area (Å²) in [5, 5.41) is 30.1. The first kappa shape index (κ1) is 20.5. The summed E-state index contributed by atoms with van der Waals surface area (Å²) in [6.07, 6.45) is 0. The molecule has 0 saturated heterocycles. The predicted molar refractivity (Wildman–Crippen MR) is 114 cm³/mol. The molecule has 158 valence electrons. The van der Waals surface area contributed by atoms with Crippen LogP contribution in [0, 0.1) is 27.7 Å². The second kappa shape index (κ2) is 6.87. The second-order valence-corrected chi connectivity index (χ2v) is 8.01. The molecule has 3 aromatic carbocycles. The van der Waals surface area contributed by atoms with Crippen LogP contribution >= 0.6 is 0 Å². The Morgan fingerprint density at radius 1 is 0.806 bits per heavy atom. The van der Waals surface area contributed by atoms with Crippen LogP contribution < -0.4 is 0 Å². The first-order valence-electron chi connectivity index (χ1n) is 9.78. The zero-order chi connectivity index (χ0) is 22.7. The SMILES string of the molecule is Cc1cc(O)cc(C2(c3cc(O)cc(C)c3C)OC(=O)c3cc(C(=O)O)ccc32)c1C. The normalized spacial score (nSPS) is 14.3. The third kappa shape index (κ3) is 2.94. The van der Waals surface area contributed by atoms with Crippen molar-refractivity contribution < 1.29 is 29.6 Å². The first-order chi connectivity index (χ1) is 14.6. The molecule has 1 aliphatic rings. The Kier molecular flexibility index (Phi) is 4.54. The minimum absolute atomic E-state index is 0.0126. The Bertz CT molecular complexity index is 1210. The van der Waals surface area contributed by atoms with Gasteiger partial charge in [-0.2, -0.15) is 0 Å². The molecule has 3 N–H and O–H groups in total. The maximum absolute atomic E-state index is 13.0. The summed E-state index contributed by atoms with van der Waals surface area (Å²) in [4.78, 5) is 24.5. The van der Waals surface area contributed by atoms with Crippen LogP contribution in [0.4, 0.5) is 0 Å². The number of cyclic esters (lactones) is 1. The van der Waals surface area contributed by atoms with Gasteiger partial charge in [-0.3, -0.25) is 0 Å². The lowest BCUT2D eigenvalue weighted by molar-refractivity contribution is 0.0246. The minimum Gasteiger partial charge on any atom is -0.508 e. The predicted octanol–water partition coefficient (Wildman–Crippen LogP) is 4.49. The van der Waals surface area contributed by atoms with E-state index in [1.807, 2.05) is 27.7 Å². The maximum atomic E-state index is 13.0. The molecule has 0 atom stereocenters. The molecular formula is C25H22O6. The summed E-state index contributed by atoms with van der Waals surface area (Å²) in [6.45, 7) is 7.43. The number of esters is 1. The van der Waals surface area contributed by atoms with E-state index in [2.05, 4.69) is 0 Å². The molecule has 3 aromatic rings. The lowest BCUT2D eigenvalue weighted by Gasteiger charge is -2.34. The van der Waals surface area contributed by atoms with Crippen molar-refractivity contribution in [3.8, 4) is 11.5 Å². The van der Waals surface area contributed by atoms with Gasteiger partial charge < -0.3 is 20.1 Å². The van der Waals surface area contributed by atoms with Gasteiger partial charge in [0.1, 0.15) is 11.5 Å². The van der Waals surface area contributed by atoms with Crippen LogP contribution in [0.25, 0.3) is 0 Å². The van der Waals surface area contributed by atoms with Crippen molar-refractivity contribution in [3.05, 3.63) is 92.5 Å². The Morgan fingerprint density at radius 3 is 1.81 bits per heavy atom. The van der Waals surface area contributed by atoms with Crippen molar-refractivity contribution in [2.45, 2.75) is 33.3 Å². The van der Waals surface area contributed by atoms with Crippen molar-refractivity contribution in [2.24, 2.45) is 0 Å². The zero-order valence-electron chi connectivity index (χ0n) is 17.6. The molecule has 0 spiro atoms. The summed E-state index contributed by atoms with van der Waals surface area (Å²) in [7, 11) is 0. The summed E-state index contributed by atoms with van der Waals surface area (Å²) >= 11 is 0. The molecule has 0 bridgehead atoms. The molecule has 0 radical (unpaired) electrons. The van der Waals surface area contributed by atoms with E-state index in [4.69, 9.17) is 4.74 Å². The Balaban J connectivity index is 2.18. The van der Waals surface area contributed by atoms with Crippen LogP contribution in [-0.4, -0.2) is 27.3 Å². The highest BCUT2D eigenvalue weighted by molar-refractivity contribution is 5.99. The molecule has 0 fully saturated rings. The number of carboxylic acids is 1. The monoisotopic (exact) mass is 418 g/mol. The molecule has 0 amide bonds. The summed E-state index contributed by atoms with van der Waals surface area (Å²) < 4.78 is 6.05. The first-order valence-corrected chi connectivity index (χ1v) is 9.78. The van der Waals surface area contributed by atoms with Gasteiger partial charge in [0.05, 0.1) is 11.1 Å². The van der Waals surface area contributed by atoms with Gasteiger partial charge in [-0.25, -0.2) is 9.59 Å². The number of aromatic carboxylic acids is 1. The summed E-state index contributed by atoms with van der Waals surface area (Å²) in [5.41, 5.74) is 3.43. The maximum Gasteiger partial charge on any atom is 0.340 e. The fourth-order valence-electron chi connectivity index (χ4n) is 4.36. The number of benzene rings is 3. The number of rotatable bonds is 3. The number of carboxylic acid groups (broad SMARTS) is 1. The third-order valence-corrected chi connectivity index (χ3v) is 6.17. The largest absolute Gasteiger partial charge is 0.508 e. The number of carbonyl (C=O) groups excluding carboxylic acids is 1. The van der Waals surface area contributed by atoms with Gasteiger partial charge in [0.15, 0.2) is 5.60 Å². The Morgan fingerprint density at radius 2 is 1.32 bits per heavy atom. The van der Waals surface area contributed by atoms with Crippen LogP contribution in [0.3, 0.4) is 0 Å². The van der Waals surface area contributed by atoms with Gasteiger partial charge in [-0.05, 0) is 86.3 Å². The second-order valence-electron chi connectivity index (χ2n) is 8.01. The molecule has 0 aromatic heterocycles. The molecule has 6 heteroatoms. The topological polar surface area (TPSA) is 104 Å². The molecule has 0 unspecified atom stereocenters. The number of hydrogen-bond acceptors (Lipinski definition) is 5. The van der Waals surface area contributed by atoms with Gasteiger partial charge in [-0.15, -0.1) is 0 Å². The Hall–Kier alpha value is -3.80. The van der Waals surface area contributed by atoms with Crippen LogP contribution in [0.1, 0.15) is 59.7 Å². The average Bonchev–Trinajstić information content (AvgIpc) is 3.00. The molecule has 31 heavy (non-hydrogen) atoms. The Labute approximate surface area is 179 Å². The van der Waals surface area contributed by atoms with Gasteiger partial charge >= 0.3 is 11.9 Å². The molecule has 1 aliphatic heterocycles. The summed E-state index contributed by atoms with van der Waals surface area (Å²) in [6, 6.07) is 10.6. The third-order valence-electron chi connectivity index (χ3n) is 6.17. The number of ether oxygens (including phenoxy) is 1.